The van der Waals surface area contributed by atoms with E-state index < -0.39 is 0 Å². The van der Waals surface area contributed by atoms with Crippen LogP contribution in [0.5, 0.6) is 0 Å². The van der Waals surface area contributed by atoms with Crippen molar-refractivity contribution >= 4 is 11.9 Å². The van der Waals surface area contributed by atoms with Crippen molar-refractivity contribution in [1.82, 2.24) is 0 Å². The first-order valence-electron chi connectivity index (χ1n) is 3.79. The van der Waals surface area contributed by atoms with E-state index in [0.717, 1.165) is 0 Å². The van der Waals surface area contributed by atoms with Crippen LogP contribution in [0.25, 0.3) is 0 Å². The fourth-order valence-corrected chi connectivity index (χ4v) is 0.931. The van der Waals surface area contributed by atoms with Crippen LogP contribution in [0.4, 0.5) is 0 Å². The molecule has 0 aromatic heterocycles. The topological polar surface area (TPSA) is 15.4 Å². The van der Waals surface area contributed by atoms with Gasteiger partial charge >= 0.3 is 0 Å². The van der Waals surface area contributed by atoms with Crippen LogP contribution < -0.4 is 0 Å². The van der Waals surface area contributed by atoms with Crippen LogP contribution in [-0.4, -0.2) is 22.7 Å². The normalized spacial score (nSPS) is 25.1. The summed E-state index contributed by atoms with van der Waals surface area (Å²) in [5, 5.41) is 4.36. The lowest BCUT2D eigenvalue weighted by atomic mass is 10.1. The Morgan fingerprint density at radius 2 is 2.20 bits per heavy atom. The van der Waals surface area contributed by atoms with Crippen molar-refractivity contribution < 1.29 is 4.68 Å². The summed E-state index contributed by atoms with van der Waals surface area (Å²) < 4.78 is 2.03. The lowest BCUT2D eigenvalue weighted by molar-refractivity contribution is -0.557. The van der Waals surface area contributed by atoms with E-state index in [1.165, 1.54) is 5.71 Å². The molecular weight excluding hydrogens is 124 g/mol. The molecule has 1 heterocycles. The Hall–Kier alpha value is -0.660. The first-order valence-corrected chi connectivity index (χ1v) is 3.79. The van der Waals surface area contributed by atoms with Crippen LogP contribution in [0.3, 0.4) is 0 Å². The van der Waals surface area contributed by atoms with E-state index >= 15 is 0 Å². The van der Waals surface area contributed by atoms with Gasteiger partial charge in [-0.2, -0.15) is 0 Å². The molecule has 0 N–H and O–H groups in total. The Balaban J connectivity index is 2.75. The predicted molar refractivity (Wildman–Crippen MR) is 43.7 cm³/mol. The van der Waals surface area contributed by atoms with E-state index in [-0.39, 0.29) is 0 Å². The maximum absolute atomic E-state index is 4.36. The van der Waals surface area contributed by atoms with E-state index in [1.54, 1.807) is 0 Å². The average molecular weight is 139 g/mol. The van der Waals surface area contributed by atoms with Gasteiger partial charge in [0.2, 0.25) is 0 Å². The van der Waals surface area contributed by atoms with Gasteiger partial charge in [-0.3, -0.25) is 0 Å². The minimum Gasteiger partial charge on any atom is -0.0926 e. The summed E-state index contributed by atoms with van der Waals surface area (Å²) in [5.74, 6) is 0.530. The maximum atomic E-state index is 4.36. The standard InChI is InChI=1S/C8H15N2/c1-6(2)10-5-7(3)8(4)9-10/h5-7H,1-4H3/q+1. The van der Waals surface area contributed by atoms with Gasteiger partial charge in [0, 0.05) is 0 Å². The molecule has 2 nitrogen and oxygen atoms in total. The van der Waals surface area contributed by atoms with Gasteiger partial charge in [0.1, 0.15) is 0 Å². The molecule has 0 aliphatic carbocycles. The van der Waals surface area contributed by atoms with Crippen LogP contribution in [0.2, 0.25) is 0 Å². The summed E-state index contributed by atoms with van der Waals surface area (Å²) in [6.45, 7) is 8.53. The molecular formula is C8H15N2+. The molecule has 0 saturated heterocycles. The summed E-state index contributed by atoms with van der Waals surface area (Å²) >= 11 is 0. The molecule has 0 fully saturated rings. The van der Waals surface area contributed by atoms with Crippen LogP contribution in [0.1, 0.15) is 27.7 Å². The number of nitrogens with zero attached hydrogens (tertiary/aromatic N) is 2. The smallest absolute Gasteiger partial charge is 0.0926 e. The van der Waals surface area contributed by atoms with Crippen molar-refractivity contribution in [1.29, 1.82) is 0 Å². The fraction of sp³-hybridized carbons (Fsp3) is 0.750. The molecule has 1 unspecified atom stereocenters. The maximum Gasteiger partial charge on any atom is 0.181 e. The zero-order chi connectivity index (χ0) is 7.72. The molecule has 0 amide bonds. The number of hydrogen-bond donors (Lipinski definition) is 0. The van der Waals surface area contributed by atoms with E-state index in [4.69, 9.17) is 0 Å². The molecule has 0 aromatic rings. The van der Waals surface area contributed by atoms with Crippen molar-refractivity contribution in [3.63, 3.8) is 0 Å². The van der Waals surface area contributed by atoms with Crippen molar-refractivity contribution in [2.24, 2.45) is 11.0 Å². The lowest BCUT2D eigenvalue weighted by Gasteiger charge is -1.92. The molecule has 0 spiro atoms. The zero-order valence-corrected chi connectivity index (χ0v) is 7.13. The van der Waals surface area contributed by atoms with Crippen LogP contribution >= 0.6 is 0 Å². The Labute approximate surface area is 62.3 Å². The van der Waals surface area contributed by atoms with Gasteiger partial charge in [0.15, 0.2) is 12.3 Å². The third-order valence-corrected chi connectivity index (χ3v) is 1.84. The summed E-state index contributed by atoms with van der Waals surface area (Å²) in [4.78, 5) is 0. The van der Waals surface area contributed by atoms with E-state index in [9.17, 15) is 0 Å². The minimum atomic E-state index is 0.500. The van der Waals surface area contributed by atoms with Crippen LogP contribution in [-0.2, 0) is 0 Å². The molecule has 1 atom stereocenters. The van der Waals surface area contributed by atoms with Gasteiger partial charge in [0.05, 0.1) is 11.6 Å². The van der Waals surface area contributed by atoms with E-state index in [1.807, 2.05) is 4.68 Å². The molecule has 1 aliphatic rings. The number of hydrogen-bond acceptors (Lipinski definition) is 1. The summed E-state index contributed by atoms with van der Waals surface area (Å²) in [6, 6.07) is 0.500. The van der Waals surface area contributed by atoms with Gasteiger partial charge in [-0.1, -0.05) is 4.68 Å². The molecule has 1 rings (SSSR count). The highest BCUT2D eigenvalue weighted by Gasteiger charge is 2.22. The monoisotopic (exact) mass is 139 g/mol. The van der Waals surface area contributed by atoms with Gasteiger partial charge in [0.25, 0.3) is 0 Å². The highest BCUT2D eigenvalue weighted by Crippen LogP contribution is 2.05. The quantitative estimate of drug-likeness (QED) is 0.489. The highest BCUT2D eigenvalue weighted by molar-refractivity contribution is 5.96. The zero-order valence-electron chi connectivity index (χ0n) is 7.13. The van der Waals surface area contributed by atoms with Crippen molar-refractivity contribution in [3.05, 3.63) is 0 Å². The molecule has 0 saturated carbocycles. The molecule has 0 bridgehead atoms. The second-order valence-corrected chi connectivity index (χ2v) is 3.15. The first-order chi connectivity index (χ1) is 4.61. The van der Waals surface area contributed by atoms with Gasteiger partial charge in [-0.25, -0.2) is 0 Å². The van der Waals surface area contributed by atoms with Crippen LogP contribution in [0, 0.1) is 5.92 Å². The first kappa shape index (κ1) is 7.45. The third-order valence-electron chi connectivity index (χ3n) is 1.84. The summed E-state index contributed by atoms with van der Waals surface area (Å²) in [6.07, 6.45) is 2.17. The van der Waals surface area contributed by atoms with Crippen LogP contribution in [0.15, 0.2) is 5.10 Å². The van der Waals surface area contributed by atoms with E-state index in [0.29, 0.717) is 12.0 Å². The molecule has 10 heavy (non-hydrogen) atoms. The van der Waals surface area contributed by atoms with Crippen molar-refractivity contribution in [3.8, 4) is 0 Å². The Kier molecular flexibility index (Phi) is 1.88. The van der Waals surface area contributed by atoms with Crippen molar-refractivity contribution in [2.45, 2.75) is 33.7 Å². The second kappa shape index (κ2) is 2.52. The van der Waals surface area contributed by atoms with Gasteiger partial charge in [-0.05, 0) is 32.8 Å². The molecule has 0 radical (unpaired) electrons. The molecule has 56 valence electrons. The predicted octanol–water partition coefficient (Wildman–Crippen LogP) is 1.50. The van der Waals surface area contributed by atoms with E-state index in [2.05, 4.69) is 39.0 Å². The number of rotatable bonds is 1. The Morgan fingerprint density at radius 1 is 1.60 bits per heavy atom. The van der Waals surface area contributed by atoms with Crippen molar-refractivity contribution in [2.75, 3.05) is 0 Å². The highest BCUT2D eigenvalue weighted by atomic mass is 15.4. The summed E-state index contributed by atoms with van der Waals surface area (Å²) in [5.41, 5.74) is 1.22. The lowest BCUT2D eigenvalue weighted by Crippen LogP contribution is -2.13. The SMILES string of the molecule is CC1=N[N+](C(C)C)=CC1C. The third kappa shape index (κ3) is 1.25. The van der Waals surface area contributed by atoms with Gasteiger partial charge in [-0.15, -0.1) is 0 Å². The minimum absolute atomic E-state index is 0.500. The largest absolute Gasteiger partial charge is 0.181 e. The Bertz CT molecular complexity index is 189. The molecule has 1 aliphatic heterocycles. The second-order valence-electron chi connectivity index (χ2n) is 3.15. The molecule has 0 aromatic carbocycles. The summed E-state index contributed by atoms with van der Waals surface area (Å²) in [7, 11) is 0. The average Bonchev–Trinajstić information content (AvgIpc) is 2.13. The number of hydrazone groups is 1. The molecule has 2 heteroatoms. The Morgan fingerprint density at radius 3 is 2.40 bits per heavy atom. The fourth-order valence-electron chi connectivity index (χ4n) is 0.931. The van der Waals surface area contributed by atoms with Gasteiger partial charge < -0.3 is 0 Å².